The van der Waals surface area contributed by atoms with E-state index in [1.54, 1.807) is 0 Å². The highest BCUT2D eigenvalue weighted by Gasteiger charge is 2.32. The van der Waals surface area contributed by atoms with Gasteiger partial charge in [-0.15, -0.1) is 0 Å². The zero-order chi connectivity index (χ0) is 16.6. The predicted molar refractivity (Wildman–Crippen MR) is 84.5 cm³/mol. The maximum Gasteiger partial charge on any atom is 0.270 e. The number of hydrogen-bond acceptors (Lipinski definition) is 4. The number of halogens is 1. The summed E-state index contributed by atoms with van der Waals surface area (Å²) < 4.78 is 0. The highest BCUT2D eigenvalue weighted by Crippen LogP contribution is 2.32. The maximum absolute atomic E-state index is 12.4. The molecule has 118 valence electrons. The summed E-state index contributed by atoms with van der Waals surface area (Å²) in [6, 6.07) is 10.5. The number of hydrogen-bond donors (Lipinski definition) is 2. The van der Waals surface area contributed by atoms with Gasteiger partial charge < -0.3 is 10.4 Å². The van der Waals surface area contributed by atoms with E-state index in [-0.39, 0.29) is 16.3 Å². The van der Waals surface area contributed by atoms with Crippen molar-refractivity contribution in [3.05, 3.63) is 74.3 Å². The van der Waals surface area contributed by atoms with E-state index < -0.39 is 23.0 Å². The largest absolute Gasteiger partial charge is 0.390 e. The summed E-state index contributed by atoms with van der Waals surface area (Å²) in [4.78, 5) is 22.7. The Balaban J connectivity index is 1.88. The van der Waals surface area contributed by atoms with Gasteiger partial charge in [-0.25, -0.2) is 0 Å². The van der Waals surface area contributed by atoms with Gasteiger partial charge in [0.25, 0.3) is 11.6 Å². The molecule has 6 nitrogen and oxygen atoms in total. The molecule has 0 aliphatic heterocycles. The Morgan fingerprint density at radius 2 is 2.04 bits per heavy atom. The van der Waals surface area contributed by atoms with Crippen molar-refractivity contribution in [2.24, 2.45) is 0 Å². The van der Waals surface area contributed by atoms with Crippen LogP contribution in [-0.2, 0) is 6.42 Å². The molecular weight excluding hydrogens is 320 g/mol. The molecule has 23 heavy (non-hydrogen) atoms. The first-order valence-corrected chi connectivity index (χ1v) is 7.36. The second-order valence-electron chi connectivity index (χ2n) is 5.34. The molecule has 0 radical (unpaired) electrons. The molecule has 0 bridgehead atoms. The molecule has 2 aromatic rings. The van der Waals surface area contributed by atoms with E-state index >= 15 is 0 Å². The fraction of sp³-hybridized carbons (Fsp3) is 0.188. The van der Waals surface area contributed by atoms with Crippen LogP contribution in [0.4, 0.5) is 5.69 Å². The van der Waals surface area contributed by atoms with Crippen LogP contribution in [0.15, 0.2) is 42.5 Å². The van der Waals surface area contributed by atoms with Crippen LogP contribution in [0.25, 0.3) is 0 Å². The molecule has 0 fully saturated rings. The fourth-order valence-corrected chi connectivity index (χ4v) is 2.97. The highest BCUT2D eigenvalue weighted by molar-refractivity contribution is 6.34. The number of nitrogens with zero attached hydrogens (tertiary/aromatic N) is 1. The summed E-state index contributed by atoms with van der Waals surface area (Å²) in [7, 11) is 0. The van der Waals surface area contributed by atoms with E-state index in [1.165, 1.54) is 12.1 Å². The van der Waals surface area contributed by atoms with Gasteiger partial charge in [0.05, 0.1) is 27.7 Å². The molecule has 0 saturated heterocycles. The molecule has 2 unspecified atom stereocenters. The first-order chi connectivity index (χ1) is 11.0. The van der Waals surface area contributed by atoms with Crippen molar-refractivity contribution in [2.75, 3.05) is 0 Å². The van der Waals surface area contributed by atoms with Crippen molar-refractivity contribution >= 4 is 23.2 Å². The Kier molecular flexibility index (Phi) is 4.02. The Labute approximate surface area is 136 Å². The van der Waals surface area contributed by atoms with Gasteiger partial charge in [-0.3, -0.25) is 14.9 Å². The Morgan fingerprint density at radius 3 is 2.78 bits per heavy atom. The maximum atomic E-state index is 12.4. The number of carbonyl (C=O) groups excluding carboxylic acids is 1. The molecule has 0 saturated carbocycles. The molecule has 2 N–H and O–H groups in total. The van der Waals surface area contributed by atoms with E-state index in [0.29, 0.717) is 6.42 Å². The van der Waals surface area contributed by atoms with Crippen LogP contribution in [-0.4, -0.2) is 22.0 Å². The summed E-state index contributed by atoms with van der Waals surface area (Å²) >= 11 is 5.97. The van der Waals surface area contributed by atoms with E-state index in [2.05, 4.69) is 5.32 Å². The summed E-state index contributed by atoms with van der Waals surface area (Å²) in [6.07, 6.45) is -0.294. The third kappa shape index (κ3) is 2.91. The van der Waals surface area contributed by atoms with E-state index in [1.807, 2.05) is 24.3 Å². The Bertz CT molecular complexity index is 793. The molecule has 3 rings (SSSR count). The minimum atomic E-state index is -0.742. The van der Waals surface area contributed by atoms with E-state index in [4.69, 9.17) is 11.6 Å². The predicted octanol–water partition coefficient (Wildman–Crippen LogP) is 2.64. The van der Waals surface area contributed by atoms with Crippen LogP contribution < -0.4 is 5.32 Å². The second-order valence-corrected chi connectivity index (χ2v) is 5.75. The molecule has 0 heterocycles. The smallest absolute Gasteiger partial charge is 0.270 e. The molecule has 0 aromatic heterocycles. The monoisotopic (exact) mass is 332 g/mol. The topological polar surface area (TPSA) is 92.5 Å². The first kappa shape index (κ1) is 15.5. The standard InChI is InChI=1S/C16H13ClN2O4/c17-13-6-5-10(19(22)23)8-12(13)16(21)18-15-11-4-2-1-3-9(11)7-14(15)20/h1-6,8,14-15,20H,7H2,(H,18,21). The van der Waals surface area contributed by atoms with E-state index in [0.717, 1.165) is 17.2 Å². The lowest BCUT2D eigenvalue weighted by Crippen LogP contribution is -2.34. The Hall–Kier alpha value is -2.44. The van der Waals surface area contributed by atoms with Crippen LogP contribution in [0.1, 0.15) is 27.5 Å². The number of aliphatic hydroxyl groups excluding tert-OH is 1. The van der Waals surface area contributed by atoms with Crippen LogP contribution in [0.2, 0.25) is 5.02 Å². The summed E-state index contributed by atoms with van der Waals surface area (Å²) in [5, 5.41) is 23.8. The van der Waals surface area contributed by atoms with Gasteiger partial charge in [0.2, 0.25) is 0 Å². The number of rotatable bonds is 3. The third-order valence-corrected chi connectivity index (χ3v) is 4.23. The molecule has 7 heteroatoms. The van der Waals surface area contributed by atoms with Gasteiger partial charge in [-0.2, -0.15) is 0 Å². The number of non-ortho nitro benzene ring substituents is 1. The molecule has 1 amide bonds. The lowest BCUT2D eigenvalue weighted by atomic mass is 10.1. The number of nitro groups is 1. The fourth-order valence-electron chi connectivity index (χ4n) is 2.77. The number of amides is 1. The number of aliphatic hydroxyl groups is 1. The van der Waals surface area contributed by atoms with Crippen LogP contribution in [0, 0.1) is 10.1 Å². The molecule has 1 aliphatic carbocycles. The van der Waals surface area contributed by atoms with Gasteiger partial charge in [0.15, 0.2) is 0 Å². The van der Waals surface area contributed by atoms with Gasteiger partial charge in [-0.05, 0) is 17.2 Å². The van der Waals surface area contributed by atoms with Gasteiger partial charge >= 0.3 is 0 Å². The van der Waals surface area contributed by atoms with Crippen LogP contribution >= 0.6 is 11.6 Å². The second kappa shape index (κ2) is 5.98. The normalized spacial score (nSPS) is 19.2. The summed E-state index contributed by atoms with van der Waals surface area (Å²) in [5.41, 5.74) is 1.61. The van der Waals surface area contributed by atoms with Crippen LogP contribution in [0.5, 0.6) is 0 Å². The van der Waals surface area contributed by atoms with Gasteiger partial charge in [0, 0.05) is 18.6 Å². The lowest BCUT2D eigenvalue weighted by Gasteiger charge is -2.18. The van der Waals surface area contributed by atoms with Crippen molar-refractivity contribution in [1.82, 2.24) is 5.32 Å². The van der Waals surface area contributed by atoms with Crippen molar-refractivity contribution < 1.29 is 14.8 Å². The summed E-state index contributed by atoms with van der Waals surface area (Å²) in [6.45, 7) is 0. The number of carbonyl (C=O) groups is 1. The van der Waals surface area contributed by atoms with Crippen molar-refractivity contribution in [3.8, 4) is 0 Å². The zero-order valence-corrected chi connectivity index (χ0v) is 12.7. The zero-order valence-electron chi connectivity index (χ0n) is 11.9. The molecule has 2 aromatic carbocycles. The highest BCUT2D eigenvalue weighted by atomic mass is 35.5. The summed E-state index contributed by atoms with van der Waals surface area (Å²) in [5.74, 6) is -0.556. The number of nitrogens with one attached hydrogen (secondary N) is 1. The molecule has 1 aliphatic rings. The van der Waals surface area contributed by atoms with Gasteiger partial charge in [0.1, 0.15) is 0 Å². The molecule has 0 spiro atoms. The third-order valence-electron chi connectivity index (χ3n) is 3.90. The number of fused-ring (bicyclic) bond motifs is 1. The average molecular weight is 333 g/mol. The van der Waals surface area contributed by atoms with Crippen molar-refractivity contribution in [3.63, 3.8) is 0 Å². The molecule has 2 atom stereocenters. The number of nitro benzene ring substituents is 1. The molecular formula is C16H13ClN2O4. The average Bonchev–Trinajstić information content (AvgIpc) is 2.83. The quantitative estimate of drug-likeness (QED) is 0.667. The number of benzene rings is 2. The SMILES string of the molecule is O=C(NC1c2ccccc2CC1O)c1cc([N+](=O)[O-])ccc1Cl. The van der Waals surface area contributed by atoms with Gasteiger partial charge in [-0.1, -0.05) is 35.9 Å². The van der Waals surface area contributed by atoms with Crippen molar-refractivity contribution in [2.45, 2.75) is 18.6 Å². The van der Waals surface area contributed by atoms with Crippen molar-refractivity contribution in [1.29, 1.82) is 0 Å². The van der Waals surface area contributed by atoms with Crippen LogP contribution in [0.3, 0.4) is 0 Å². The minimum absolute atomic E-state index is 0.0115. The van der Waals surface area contributed by atoms with E-state index in [9.17, 15) is 20.0 Å². The first-order valence-electron chi connectivity index (χ1n) is 6.98. The lowest BCUT2D eigenvalue weighted by molar-refractivity contribution is -0.384. The Morgan fingerprint density at radius 1 is 1.30 bits per heavy atom. The minimum Gasteiger partial charge on any atom is -0.390 e.